The summed E-state index contributed by atoms with van der Waals surface area (Å²) in [4.78, 5) is 4.13. The minimum Gasteiger partial charge on any atom is -0.411 e. The van der Waals surface area contributed by atoms with Crippen LogP contribution in [0.15, 0.2) is 38.4 Å². The number of benzene rings is 1. The van der Waals surface area contributed by atoms with E-state index in [2.05, 4.69) is 53.2 Å². The van der Waals surface area contributed by atoms with Gasteiger partial charge in [0.15, 0.2) is 5.82 Å². The molecule has 1 aromatic carbocycles. The van der Waals surface area contributed by atoms with E-state index in [1.54, 1.807) is 6.92 Å². The van der Waals surface area contributed by atoms with Gasteiger partial charge in [0, 0.05) is 5.56 Å². The van der Waals surface area contributed by atoms with E-state index in [-0.39, 0.29) is 5.41 Å². The fourth-order valence-corrected chi connectivity index (χ4v) is 2.62. The molecule has 7 heteroatoms. The number of rotatable bonds is 4. The van der Waals surface area contributed by atoms with Crippen LogP contribution in [0.25, 0.3) is 11.5 Å². The third-order valence-electron chi connectivity index (χ3n) is 3.29. The predicted molar refractivity (Wildman–Crippen MR) is 87.0 cm³/mol. The molecule has 3 rings (SSSR count). The van der Waals surface area contributed by atoms with Gasteiger partial charge in [-0.1, -0.05) is 49.8 Å². The van der Waals surface area contributed by atoms with Crippen LogP contribution < -0.4 is 0 Å². The molecule has 0 aliphatic heterocycles. The van der Waals surface area contributed by atoms with Crippen molar-refractivity contribution in [2.45, 2.75) is 44.1 Å². The zero-order valence-electron chi connectivity index (χ0n) is 13.5. The first kappa shape index (κ1) is 15.7. The maximum Gasteiger partial charge on any atom is 0.277 e. The summed E-state index contributed by atoms with van der Waals surface area (Å²) in [5.41, 5.74) is 2.30. The molecule has 0 N–H and O–H groups in total. The largest absolute Gasteiger partial charge is 0.411 e. The maximum absolute atomic E-state index is 5.67. The predicted octanol–water partition coefficient (Wildman–Crippen LogP) is 4.02. The number of aryl methyl sites for hydroxylation is 1. The van der Waals surface area contributed by atoms with Gasteiger partial charge < -0.3 is 8.94 Å². The molecule has 120 valence electrons. The van der Waals surface area contributed by atoms with Gasteiger partial charge in [0.25, 0.3) is 5.22 Å². The summed E-state index contributed by atoms with van der Waals surface area (Å²) >= 11 is 1.37. The van der Waals surface area contributed by atoms with Crippen molar-refractivity contribution in [3.05, 3.63) is 41.5 Å². The average molecular weight is 330 g/mol. The van der Waals surface area contributed by atoms with E-state index in [0.29, 0.717) is 28.6 Å². The minimum atomic E-state index is 0.122. The Morgan fingerprint density at radius 1 is 1.09 bits per heavy atom. The molecule has 0 atom stereocenters. The second-order valence-corrected chi connectivity index (χ2v) is 7.15. The molecule has 0 fully saturated rings. The summed E-state index contributed by atoms with van der Waals surface area (Å²) in [6.45, 7) is 8.33. The lowest BCUT2D eigenvalue weighted by molar-refractivity contribution is 0.386. The Morgan fingerprint density at radius 2 is 1.83 bits per heavy atom. The molecule has 23 heavy (non-hydrogen) atoms. The van der Waals surface area contributed by atoms with Gasteiger partial charge in [-0.3, -0.25) is 0 Å². The third kappa shape index (κ3) is 3.79. The Labute approximate surface area is 138 Å². The highest BCUT2D eigenvalue weighted by molar-refractivity contribution is 7.98. The zero-order chi connectivity index (χ0) is 16.4. The SMILES string of the molecule is Cc1noc(CSc2nnc(-c3ccc(C(C)(C)C)cc3)o2)n1. The van der Waals surface area contributed by atoms with Gasteiger partial charge in [0.05, 0.1) is 5.75 Å². The van der Waals surface area contributed by atoms with Crippen molar-refractivity contribution in [2.75, 3.05) is 0 Å². The van der Waals surface area contributed by atoms with Crippen molar-refractivity contribution in [3.63, 3.8) is 0 Å². The van der Waals surface area contributed by atoms with Gasteiger partial charge in [0.1, 0.15) is 0 Å². The third-order valence-corrected chi connectivity index (χ3v) is 4.10. The second-order valence-electron chi connectivity index (χ2n) is 6.22. The maximum atomic E-state index is 5.67. The van der Waals surface area contributed by atoms with Gasteiger partial charge >= 0.3 is 0 Å². The lowest BCUT2D eigenvalue weighted by atomic mass is 9.87. The van der Waals surface area contributed by atoms with E-state index in [0.717, 1.165) is 5.56 Å². The molecule has 3 aromatic rings. The van der Waals surface area contributed by atoms with Crippen molar-refractivity contribution in [1.82, 2.24) is 20.3 Å². The van der Waals surface area contributed by atoms with E-state index in [1.807, 2.05) is 12.1 Å². The fourth-order valence-electron chi connectivity index (χ4n) is 2.02. The van der Waals surface area contributed by atoms with Crippen LogP contribution in [-0.4, -0.2) is 20.3 Å². The Hall–Kier alpha value is -2.15. The van der Waals surface area contributed by atoms with Gasteiger partial charge in [-0.2, -0.15) is 4.98 Å². The molecule has 0 saturated heterocycles. The lowest BCUT2D eigenvalue weighted by Crippen LogP contribution is -2.10. The Bertz CT molecular complexity index is 787. The van der Waals surface area contributed by atoms with Crippen LogP contribution in [-0.2, 0) is 11.2 Å². The standard InChI is InChI=1S/C16H18N4O2S/c1-10-17-13(22-20-10)9-23-15-19-18-14(21-15)11-5-7-12(8-6-11)16(2,3)4/h5-8H,9H2,1-4H3. The van der Waals surface area contributed by atoms with Gasteiger partial charge in [-0.25, -0.2) is 0 Å². The molecule has 2 aromatic heterocycles. The van der Waals surface area contributed by atoms with Crippen LogP contribution >= 0.6 is 11.8 Å². The van der Waals surface area contributed by atoms with E-state index in [9.17, 15) is 0 Å². The Kier molecular flexibility index (Phi) is 4.21. The molecular weight excluding hydrogens is 312 g/mol. The number of thioether (sulfide) groups is 1. The van der Waals surface area contributed by atoms with Crippen molar-refractivity contribution < 1.29 is 8.94 Å². The minimum absolute atomic E-state index is 0.122. The van der Waals surface area contributed by atoms with Crippen LogP contribution in [0, 0.1) is 6.92 Å². The smallest absolute Gasteiger partial charge is 0.277 e. The molecule has 0 saturated carbocycles. The number of nitrogens with zero attached hydrogens (tertiary/aromatic N) is 4. The van der Waals surface area contributed by atoms with Crippen LogP contribution in [0.3, 0.4) is 0 Å². The quantitative estimate of drug-likeness (QED) is 0.668. The summed E-state index contributed by atoms with van der Waals surface area (Å²) in [6.07, 6.45) is 0. The van der Waals surface area contributed by atoms with Gasteiger partial charge in [-0.15, -0.1) is 10.2 Å². The Balaban J connectivity index is 1.69. The highest BCUT2D eigenvalue weighted by atomic mass is 32.2. The van der Waals surface area contributed by atoms with Crippen LogP contribution in [0.2, 0.25) is 0 Å². The van der Waals surface area contributed by atoms with Crippen LogP contribution in [0.4, 0.5) is 0 Å². The first-order valence-corrected chi connectivity index (χ1v) is 8.27. The number of hydrogen-bond donors (Lipinski definition) is 0. The fraction of sp³-hybridized carbons (Fsp3) is 0.375. The first-order chi connectivity index (χ1) is 10.9. The molecular formula is C16H18N4O2S. The van der Waals surface area contributed by atoms with Crippen molar-refractivity contribution in [3.8, 4) is 11.5 Å². The summed E-state index contributed by atoms with van der Waals surface area (Å²) in [5, 5.41) is 12.4. The van der Waals surface area contributed by atoms with E-state index >= 15 is 0 Å². The Morgan fingerprint density at radius 3 is 2.43 bits per heavy atom. The summed E-state index contributed by atoms with van der Waals surface area (Å²) < 4.78 is 10.7. The molecule has 0 spiro atoms. The molecule has 0 aliphatic carbocycles. The van der Waals surface area contributed by atoms with Crippen LogP contribution in [0.5, 0.6) is 0 Å². The zero-order valence-corrected chi connectivity index (χ0v) is 14.3. The molecule has 6 nitrogen and oxygen atoms in total. The monoisotopic (exact) mass is 330 g/mol. The topological polar surface area (TPSA) is 77.8 Å². The highest BCUT2D eigenvalue weighted by Crippen LogP contribution is 2.28. The molecule has 0 unspecified atom stereocenters. The highest BCUT2D eigenvalue weighted by Gasteiger charge is 2.15. The lowest BCUT2D eigenvalue weighted by Gasteiger charge is -2.18. The van der Waals surface area contributed by atoms with E-state index < -0.39 is 0 Å². The first-order valence-electron chi connectivity index (χ1n) is 7.28. The van der Waals surface area contributed by atoms with E-state index in [1.165, 1.54) is 17.3 Å². The summed E-state index contributed by atoms with van der Waals surface area (Å²) in [7, 11) is 0. The van der Waals surface area contributed by atoms with Crippen LogP contribution in [0.1, 0.15) is 38.0 Å². The molecule has 0 bridgehead atoms. The van der Waals surface area contributed by atoms with Crippen molar-refractivity contribution in [2.24, 2.45) is 0 Å². The molecule has 0 radical (unpaired) electrons. The van der Waals surface area contributed by atoms with Crippen molar-refractivity contribution >= 4 is 11.8 Å². The number of hydrogen-bond acceptors (Lipinski definition) is 7. The molecule has 2 heterocycles. The second kappa shape index (κ2) is 6.16. The molecule has 0 aliphatic rings. The summed E-state index contributed by atoms with van der Waals surface area (Å²) in [5.74, 6) is 2.17. The van der Waals surface area contributed by atoms with Gasteiger partial charge in [0.2, 0.25) is 11.8 Å². The van der Waals surface area contributed by atoms with E-state index in [4.69, 9.17) is 8.94 Å². The number of aromatic nitrogens is 4. The summed E-state index contributed by atoms with van der Waals surface area (Å²) in [6, 6.07) is 8.19. The normalized spacial score (nSPS) is 11.8. The van der Waals surface area contributed by atoms with Gasteiger partial charge in [-0.05, 0) is 30.0 Å². The average Bonchev–Trinajstić information content (AvgIpc) is 3.13. The van der Waals surface area contributed by atoms with Crippen molar-refractivity contribution in [1.29, 1.82) is 0 Å². The molecule has 0 amide bonds.